The van der Waals surface area contributed by atoms with Crippen molar-refractivity contribution < 1.29 is 23.8 Å². The highest BCUT2D eigenvalue weighted by atomic mass is 16.5. The van der Waals surface area contributed by atoms with Gasteiger partial charge in [0.25, 0.3) is 5.91 Å². The van der Waals surface area contributed by atoms with E-state index in [1.807, 2.05) is 26.8 Å². The van der Waals surface area contributed by atoms with Gasteiger partial charge in [-0.25, -0.2) is 9.59 Å². The van der Waals surface area contributed by atoms with E-state index in [1.165, 1.54) is 0 Å². The minimum Gasteiger partial charge on any atom is -0.480 e. The van der Waals surface area contributed by atoms with Gasteiger partial charge in [0.1, 0.15) is 17.4 Å². The number of aryl methyl sites for hydroxylation is 2. The minimum absolute atomic E-state index is 0.123. The molecule has 7 nitrogen and oxygen atoms in total. The molecule has 2 unspecified atom stereocenters. The van der Waals surface area contributed by atoms with E-state index in [0.717, 1.165) is 35.8 Å². The van der Waals surface area contributed by atoms with Gasteiger partial charge in [-0.05, 0) is 75.1 Å². The first-order valence-electron chi connectivity index (χ1n) is 10.5. The highest BCUT2D eigenvalue weighted by Gasteiger charge is 2.26. The van der Waals surface area contributed by atoms with E-state index in [2.05, 4.69) is 5.32 Å². The van der Waals surface area contributed by atoms with Gasteiger partial charge in [-0.3, -0.25) is 4.79 Å². The summed E-state index contributed by atoms with van der Waals surface area (Å²) in [5, 5.41) is 12.7. The molecule has 2 aromatic rings. The van der Waals surface area contributed by atoms with E-state index in [4.69, 9.17) is 9.15 Å². The Morgan fingerprint density at radius 3 is 2.47 bits per heavy atom. The van der Waals surface area contributed by atoms with Gasteiger partial charge in [0.05, 0.1) is 5.39 Å². The SMILES string of the molecule is Cc1cc(OC(C)C(=O)NC(CC(C)C)C(=O)O)c2c3c(c(=O)oc2c1)CCCC3. The molecule has 1 aliphatic rings. The second-order valence-corrected chi connectivity index (χ2v) is 8.48. The van der Waals surface area contributed by atoms with E-state index in [1.54, 1.807) is 13.0 Å². The molecule has 1 aromatic heterocycles. The molecule has 0 saturated heterocycles. The van der Waals surface area contributed by atoms with Crippen LogP contribution in [0.3, 0.4) is 0 Å². The van der Waals surface area contributed by atoms with Crippen molar-refractivity contribution in [3.05, 3.63) is 39.2 Å². The quantitative estimate of drug-likeness (QED) is 0.672. The molecular formula is C23H29NO6. The monoisotopic (exact) mass is 415 g/mol. The molecule has 1 aliphatic carbocycles. The number of nitrogens with one attached hydrogen (secondary N) is 1. The molecule has 1 heterocycles. The number of carbonyl (C=O) groups is 2. The summed E-state index contributed by atoms with van der Waals surface area (Å²) >= 11 is 0. The summed E-state index contributed by atoms with van der Waals surface area (Å²) in [5.74, 6) is -0.965. The predicted molar refractivity (Wildman–Crippen MR) is 113 cm³/mol. The van der Waals surface area contributed by atoms with E-state index < -0.39 is 24.0 Å². The van der Waals surface area contributed by atoms with E-state index in [9.17, 15) is 19.5 Å². The average molecular weight is 415 g/mol. The number of rotatable bonds is 7. The van der Waals surface area contributed by atoms with Crippen molar-refractivity contribution in [2.45, 2.75) is 71.9 Å². The number of benzene rings is 1. The maximum Gasteiger partial charge on any atom is 0.339 e. The molecule has 1 aromatic carbocycles. The Bertz CT molecular complexity index is 1020. The Morgan fingerprint density at radius 1 is 1.17 bits per heavy atom. The molecule has 0 bridgehead atoms. The summed E-state index contributed by atoms with van der Waals surface area (Å²) in [6.07, 6.45) is 2.77. The Morgan fingerprint density at radius 2 is 1.83 bits per heavy atom. The van der Waals surface area contributed by atoms with E-state index >= 15 is 0 Å². The van der Waals surface area contributed by atoms with Crippen LogP contribution >= 0.6 is 0 Å². The molecule has 7 heteroatoms. The number of hydrogen-bond acceptors (Lipinski definition) is 5. The van der Waals surface area contributed by atoms with E-state index in [-0.39, 0.29) is 11.5 Å². The third-order valence-electron chi connectivity index (χ3n) is 5.42. The topological polar surface area (TPSA) is 106 Å². The fourth-order valence-electron chi connectivity index (χ4n) is 3.99. The molecule has 2 N–H and O–H groups in total. The smallest absolute Gasteiger partial charge is 0.339 e. The fraction of sp³-hybridized carbons (Fsp3) is 0.522. The normalized spacial score (nSPS) is 15.5. The van der Waals surface area contributed by atoms with Gasteiger partial charge in [-0.2, -0.15) is 0 Å². The lowest BCUT2D eigenvalue weighted by molar-refractivity contribution is -0.143. The number of carboxylic acid groups (broad SMARTS) is 1. The van der Waals surface area contributed by atoms with Crippen LogP contribution in [0.15, 0.2) is 21.3 Å². The zero-order valence-electron chi connectivity index (χ0n) is 17.9. The number of amides is 1. The summed E-state index contributed by atoms with van der Waals surface area (Å²) in [6, 6.07) is 2.65. The Balaban J connectivity index is 1.92. The molecule has 3 rings (SSSR count). The zero-order valence-corrected chi connectivity index (χ0v) is 17.9. The first-order valence-corrected chi connectivity index (χ1v) is 10.5. The van der Waals surface area contributed by atoms with Crippen molar-refractivity contribution in [3.8, 4) is 5.75 Å². The summed E-state index contributed by atoms with van der Waals surface area (Å²) < 4.78 is 11.5. The third kappa shape index (κ3) is 4.66. The van der Waals surface area contributed by atoms with Gasteiger partial charge in [0.15, 0.2) is 6.10 Å². The van der Waals surface area contributed by atoms with Crippen LogP contribution in [0, 0.1) is 12.8 Å². The summed E-state index contributed by atoms with van der Waals surface area (Å²) in [7, 11) is 0. The van der Waals surface area contributed by atoms with Gasteiger partial charge in [-0.15, -0.1) is 0 Å². The summed E-state index contributed by atoms with van der Waals surface area (Å²) in [5.41, 5.74) is 2.59. The van der Waals surface area contributed by atoms with Crippen LogP contribution < -0.4 is 15.7 Å². The molecule has 0 radical (unpaired) electrons. The Hall–Kier alpha value is -2.83. The number of fused-ring (bicyclic) bond motifs is 3. The first kappa shape index (κ1) is 21.9. The maximum absolute atomic E-state index is 12.6. The highest BCUT2D eigenvalue weighted by molar-refractivity contribution is 5.90. The van der Waals surface area contributed by atoms with Crippen LogP contribution in [0.25, 0.3) is 11.0 Å². The molecular weight excluding hydrogens is 386 g/mol. The standard InChI is InChI=1S/C23H29NO6/c1-12(2)9-17(22(26)27)24-21(25)14(4)29-18-10-13(3)11-19-20(18)15-7-5-6-8-16(15)23(28)30-19/h10-12,14,17H,5-9H2,1-4H3,(H,24,25)(H,26,27). The van der Waals surface area contributed by atoms with Crippen molar-refractivity contribution in [1.82, 2.24) is 5.32 Å². The van der Waals surface area contributed by atoms with E-state index in [0.29, 0.717) is 29.7 Å². The molecule has 30 heavy (non-hydrogen) atoms. The van der Waals surface area contributed by atoms with Crippen molar-refractivity contribution in [1.29, 1.82) is 0 Å². The van der Waals surface area contributed by atoms with Crippen LogP contribution in [0.4, 0.5) is 0 Å². The van der Waals surface area contributed by atoms with Crippen LogP contribution in [-0.4, -0.2) is 29.1 Å². The second kappa shape index (κ2) is 8.90. The van der Waals surface area contributed by atoms with Crippen LogP contribution in [0.1, 0.15) is 56.7 Å². The first-order chi connectivity index (χ1) is 14.2. The zero-order chi connectivity index (χ0) is 22.0. The maximum atomic E-state index is 12.6. The number of aliphatic carboxylic acids is 1. The highest BCUT2D eigenvalue weighted by Crippen LogP contribution is 2.35. The van der Waals surface area contributed by atoms with Crippen molar-refractivity contribution >= 4 is 22.8 Å². The van der Waals surface area contributed by atoms with Crippen LogP contribution in [0.2, 0.25) is 0 Å². The Labute approximate surface area is 175 Å². The lowest BCUT2D eigenvalue weighted by Gasteiger charge is -2.22. The van der Waals surface area contributed by atoms with Crippen LogP contribution in [0.5, 0.6) is 5.75 Å². The number of ether oxygens (including phenoxy) is 1. The van der Waals surface area contributed by atoms with Crippen LogP contribution in [-0.2, 0) is 22.4 Å². The molecule has 162 valence electrons. The largest absolute Gasteiger partial charge is 0.480 e. The number of carbonyl (C=O) groups excluding carboxylic acids is 1. The molecule has 2 atom stereocenters. The minimum atomic E-state index is -1.07. The van der Waals surface area contributed by atoms with Gasteiger partial charge in [0.2, 0.25) is 0 Å². The lowest BCUT2D eigenvalue weighted by Crippen LogP contribution is -2.46. The van der Waals surface area contributed by atoms with Gasteiger partial charge < -0.3 is 19.6 Å². The van der Waals surface area contributed by atoms with Crippen molar-refractivity contribution in [2.24, 2.45) is 5.92 Å². The molecule has 0 saturated carbocycles. The Kier molecular flexibility index (Phi) is 6.48. The van der Waals surface area contributed by atoms with Gasteiger partial charge in [-0.1, -0.05) is 13.8 Å². The second-order valence-electron chi connectivity index (χ2n) is 8.48. The summed E-state index contributed by atoms with van der Waals surface area (Å²) in [6.45, 7) is 7.25. The average Bonchev–Trinajstić information content (AvgIpc) is 2.66. The summed E-state index contributed by atoms with van der Waals surface area (Å²) in [4.78, 5) is 36.5. The fourth-order valence-corrected chi connectivity index (χ4v) is 3.99. The van der Waals surface area contributed by atoms with Gasteiger partial charge in [0, 0.05) is 5.56 Å². The number of carboxylic acids is 1. The molecule has 0 spiro atoms. The lowest BCUT2D eigenvalue weighted by atomic mass is 9.90. The van der Waals surface area contributed by atoms with Crippen molar-refractivity contribution in [3.63, 3.8) is 0 Å². The number of hydrogen-bond donors (Lipinski definition) is 2. The van der Waals surface area contributed by atoms with Gasteiger partial charge >= 0.3 is 11.6 Å². The predicted octanol–water partition coefficient (Wildman–Crippen LogP) is 3.36. The molecule has 1 amide bonds. The molecule has 0 fully saturated rings. The molecule has 0 aliphatic heterocycles. The van der Waals surface area contributed by atoms with Crippen molar-refractivity contribution in [2.75, 3.05) is 0 Å². The third-order valence-corrected chi connectivity index (χ3v) is 5.42.